The van der Waals surface area contributed by atoms with Crippen LogP contribution in [0.25, 0.3) is 11.6 Å². The van der Waals surface area contributed by atoms with E-state index in [4.69, 9.17) is 14.0 Å². The molecule has 0 amide bonds. The zero-order valence-corrected chi connectivity index (χ0v) is 13.5. The number of rotatable bonds is 4. The second-order valence-corrected chi connectivity index (χ2v) is 6.30. The number of hydrogen-bond donors (Lipinski definition) is 1. The van der Waals surface area contributed by atoms with Gasteiger partial charge in [-0.2, -0.15) is 4.98 Å². The first-order chi connectivity index (χ1) is 11.8. The molecule has 2 aliphatic rings. The van der Waals surface area contributed by atoms with Gasteiger partial charge in [-0.3, -0.25) is 0 Å². The van der Waals surface area contributed by atoms with E-state index in [9.17, 15) is 0 Å². The van der Waals surface area contributed by atoms with E-state index in [1.165, 1.54) is 0 Å². The van der Waals surface area contributed by atoms with Crippen molar-refractivity contribution in [2.45, 2.75) is 43.9 Å². The Labute approximate surface area is 140 Å². The van der Waals surface area contributed by atoms with Crippen molar-refractivity contribution < 1.29 is 14.0 Å². The third-order valence-electron chi connectivity index (χ3n) is 4.67. The van der Waals surface area contributed by atoms with E-state index in [1.807, 2.05) is 0 Å². The predicted octanol–water partition coefficient (Wildman–Crippen LogP) is 1.34. The summed E-state index contributed by atoms with van der Waals surface area (Å²) in [6.45, 7) is 2.90. The van der Waals surface area contributed by atoms with Crippen LogP contribution in [0.15, 0.2) is 23.0 Å². The van der Waals surface area contributed by atoms with E-state index in [0.717, 1.165) is 45.5 Å². The SMILES string of the molecule is c1cnc(-c2noc(CN[C@@H]3CCOC4(CCOCC4)C3)n2)nc1. The van der Waals surface area contributed by atoms with Crippen LogP contribution < -0.4 is 5.32 Å². The molecular weight excluding hydrogens is 310 g/mol. The second-order valence-electron chi connectivity index (χ2n) is 6.30. The Morgan fingerprint density at radius 3 is 2.79 bits per heavy atom. The Morgan fingerprint density at radius 2 is 1.96 bits per heavy atom. The highest BCUT2D eigenvalue weighted by atomic mass is 16.5. The fourth-order valence-corrected chi connectivity index (χ4v) is 3.36. The summed E-state index contributed by atoms with van der Waals surface area (Å²) in [5, 5.41) is 7.46. The van der Waals surface area contributed by atoms with Gasteiger partial charge < -0.3 is 19.3 Å². The first-order valence-electron chi connectivity index (χ1n) is 8.38. The minimum absolute atomic E-state index is 0.0218. The van der Waals surface area contributed by atoms with E-state index in [1.54, 1.807) is 18.5 Å². The van der Waals surface area contributed by atoms with Crippen LogP contribution in [-0.2, 0) is 16.0 Å². The first kappa shape index (κ1) is 15.6. The molecule has 2 aromatic rings. The average Bonchev–Trinajstić information content (AvgIpc) is 3.11. The van der Waals surface area contributed by atoms with Gasteiger partial charge in [-0.05, 0) is 31.7 Å². The molecular formula is C16H21N5O3. The number of aromatic nitrogens is 4. The van der Waals surface area contributed by atoms with Gasteiger partial charge in [0.25, 0.3) is 0 Å². The third kappa shape index (κ3) is 3.45. The molecule has 2 aromatic heterocycles. The fraction of sp³-hybridized carbons (Fsp3) is 0.625. The molecule has 0 radical (unpaired) electrons. The Hall–Kier alpha value is -1.90. The first-order valence-corrected chi connectivity index (χ1v) is 8.38. The maximum Gasteiger partial charge on any atom is 0.241 e. The standard InChI is InChI=1S/C16H21N5O3/c1-5-17-14(18-6-1)15-20-13(24-21-15)11-19-12-2-7-23-16(10-12)3-8-22-9-4-16/h1,5-6,12,19H,2-4,7-11H2/t12-/m1/s1. The van der Waals surface area contributed by atoms with Crippen molar-refractivity contribution in [3.05, 3.63) is 24.4 Å². The minimum Gasteiger partial charge on any atom is -0.381 e. The fourth-order valence-electron chi connectivity index (χ4n) is 3.36. The monoisotopic (exact) mass is 331 g/mol. The Morgan fingerprint density at radius 1 is 1.12 bits per heavy atom. The smallest absolute Gasteiger partial charge is 0.241 e. The molecule has 0 aliphatic carbocycles. The summed E-state index contributed by atoms with van der Waals surface area (Å²) in [7, 11) is 0. The van der Waals surface area contributed by atoms with E-state index in [0.29, 0.717) is 30.1 Å². The zero-order valence-electron chi connectivity index (χ0n) is 13.5. The van der Waals surface area contributed by atoms with Crippen LogP contribution in [0.1, 0.15) is 31.6 Å². The number of nitrogens with zero attached hydrogens (tertiary/aromatic N) is 4. The predicted molar refractivity (Wildman–Crippen MR) is 83.9 cm³/mol. The Kier molecular flexibility index (Phi) is 4.50. The summed E-state index contributed by atoms with van der Waals surface area (Å²) >= 11 is 0. The van der Waals surface area contributed by atoms with Crippen molar-refractivity contribution in [1.29, 1.82) is 0 Å². The summed E-state index contributed by atoms with van der Waals surface area (Å²) < 4.78 is 16.8. The molecule has 24 heavy (non-hydrogen) atoms. The van der Waals surface area contributed by atoms with Crippen LogP contribution in [0.5, 0.6) is 0 Å². The molecule has 0 bridgehead atoms. The molecule has 0 unspecified atom stereocenters. The molecule has 0 aromatic carbocycles. The van der Waals surface area contributed by atoms with E-state index >= 15 is 0 Å². The molecule has 2 saturated heterocycles. The van der Waals surface area contributed by atoms with Gasteiger partial charge in [0.15, 0.2) is 0 Å². The van der Waals surface area contributed by atoms with Crippen molar-refractivity contribution in [2.75, 3.05) is 19.8 Å². The summed E-state index contributed by atoms with van der Waals surface area (Å²) in [6, 6.07) is 2.14. The van der Waals surface area contributed by atoms with Crippen molar-refractivity contribution in [2.24, 2.45) is 0 Å². The second kappa shape index (κ2) is 6.92. The minimum atomic E-state index is -0.0218. The Balaban J connectivity index is 1.34. The van der Waals surface area contributed by atoms with Crippen molar-refractivity contribution >= 4 is 0 Å². The maximum absolute atomic E-state index is 6.06. The molecule has 128 valence electrons. The quantitative estimate of drug-likeness (QED) is 0.897. The highest BCUT2D eigenvalue weighted by Crippen LogP contribution is 2.34. The molecule has 8 heteroatoms. The highest BCUT2D eigenvalue weighted by Gasteiger charge is 2.38. The van der Waals surface area contributed by atoms with Gasteiger partial charge in [0.05, 0.1) is 12.1 Å². The maximum atomic E-state index is 6.06. The molecule has 4 heterocycles. The molecule has 1 atom stereocenters. The lowest BCUT2D eigenvalue weighted by Gasteiger charge is -2.43. The molecule has 1 spiro atoms. The molecule has 2 aliphatic heterocycles. The third-order valence-corrected chi connectivity index (χ3v) is 4.67. The van der Waals surface area contributed by atoms with Crippen LogP contribution in [-0.4, -0.2) is 51.6 Å². The summed E-state index contributed by atoms with van der Waals surface area (Å²) in [4.78, 5) is 12.6. The van der Waals surface area contributed by atoms with E-state index in [-0.39, 0.29) is 5.60 Å². The van der Waals surface area contributed by atoms with E-state index in [2.05, 4.69) is 25.4 Å². The van der Waals surface area contributed by atoms with Gasteiger partial charge in [-0.25, -0.2) is 9.97 Å². The topological polar surface area (TPSA) is 95.2 Å². The van der Waals surface area contributed by atoms with Crippen molar-refractivity contribution in [3.63, 3.8) is 0 Å². The van der Waals surface area contributed by atoms with Crippen LogP contribution in [0.2, 0.25) is 0 Å². The number of hydrogen-bond acceptors (Lipinski definition) is 8. The van der Waals surface area contributed by atoms with Gasteiger partial charge in [0.1, 0.15) is 0 Å². The number of nitrogens with one attached hydrogen (secondary N) is 1. The molecule has 8 nitrogen and oxygen atoms in total. The lowest BCUT2D eigenvalue weighted by atomic mass is 9.84. The molecule has 1 N–H and O–H groups in total. The lowest BCUT2D eigenvalue weighted by Crippen LogP contribution is -2.49. The normalized spacial score (nSPS) is 23.4. The van der Waals surface area contributed by atoms with Gasteiger partial charge in [0.2, 0.25) is 17.5 Å². The molecule has 0 saturated carbocycles. The molecule has 4 rings (SSSR count). The lowest BCUT2D eigenvalue weighted by molar-refractivity contribution is -0.140. The van der Waals surface area contributed by atoms with Crippen LogP contribution in [0, 0.1) is 0 Å². The summed E-state index contributed by atoms with van der Waals surface area (Å²) in [6.07, 6.45) is 7.25. The average molecular weight is 331 g/mol. The van der Waals surface area contributed by atoms with Crippen molar-refractivity contribution in [3.8, 4) is 11.6 Å². The van der Waals surface area contributed by atoms with Crippen molar-refractivity contribution in [1.82, 2.24) is 25.4 Å². The highest BCUT2D eigenvalue weighted by molar-refractivity contribution is 5.40. The van der Waals surface area contributed by atoms with Gasteiger partial charge >= 0.3 is 0 Å². The van der Waals surface area contributed by atoms with Crippen LogP contribution in [0.3, 0.4) is 0 Å². The number of ether oxygens (including phenoxy) is 2. The zero-order chi connectivity index (χ0) is 16.2. The van der Waals surface area contributed by atoms with E-state index < -0.39 is 0 Å². The van der Waals surface area contributed by atoms with Gasteiger partial charge in [-0.15, -0.1) is 0 Å². The molecule has 2 fully saturated rings. The summed E-state index contributed by atoms with van der Waals surface area (Å²) in [5.41, 5.74) is -0.0218. The van der Waals surface area contributed by atoms with Crippen LogP contribution >= 0.6 is 0 Å². The Bertz CT molecular complexity index is 651. The summed E-state index contributed by atoms with van der Waals surface area (Å²) in [5.74, 6) is 1.44. The van der Waals surface area contributed by atoms with Gasteiger partial charge in [0, 0.05) is 38.3 Å². The van der Waals surface area contributed by atoms with Gasteiger partial charge in [-0.1, -0.05) is 5.16 Å². The largest absolute Gasteiger partial charge is 0.381 e. The van der Waals surface area contributed by atoms with Crippen LogP contribution in [0.4, 0.5) is 0 Å².